The second kappa shape index (κ2) is 7.64. The van der Waals surface area contributed by atoms with Gasteiger partial charge in [-0.3, -0.25) is 5.41 Å². The van der Waals surface area contributed by atoms with Gasteiger partial charge in [0, 0.05) is 0 Å². The van der Waals surface area contributed by atoms with E-state index in [-0.39, 0.29) is 24.9 Å². The van der Waals surface area contributed by atoms with Gasteiger partial charge in [0.15, 0.2) is 12.4 Å². The first-order chi connectivity index (χ1) is 7.56. The highest BCUT2D eigenvalue weighted by Crippen LogP contribution is 2.35. The lowest BCUT2D eigenvalue weighted by Crippen LogP contribution is -2.14. The van der Waals surface area contributed by atoms with Crippen LogP contribution in [0, 0.1) is 12.3 Å². The maximum Gasteiger partial charge on any atom is 0.219 e. The fraction of sp³-hybridized carbons (Fsp3) is 0.364. The molecule has 0 heterocycles. The summed E-state index contributed by atoms with van der Waals surface area (Å²) >= 11 is 12.0. The van der Waals surface area contributed by atoms with Gasteiger partial charge in [-0.1, -0.05) is 29.3 Å². The fourth-order valence-electron chi connectivity index (χ4n) is 1.12. The van der Waals surface area contributed by atoms with Gasteiger partial charge in [0.1, 0.15) is 0 Å². The van der Waals surface area contributed by atoms with Crippen molar-refractivity contribution in [3.63, 3.8) is 0 Å². The maximum absolute atomic E-state index is 7.40. The predicted octanol–water partition coefficient (Wildman–Crippen LogP) is 4.12. The van der Waals surface area contributed by atoms with Crippen molar-refractivity contribution in [1.29, 1.82) is 5.41 Å². The van der Waals surface area contributed by atoms with E-state index in [1.54, 1.807) is 13.0 Å². The Morgan fingerprint density at radius 2 is 2.00 bits per heavy atom. The number of nitrogens with one attached hydrogen (secondary N) is 1. The topological polar surface area (TPSA) is 42.3 Å². The van der Waals surface area contributed by atoms with Gasteiger partial charge in [-0.15, -0.1) is 12.4 Å². The van der Waals surface area contributed by atoms with E-state index in [1.165, 1.54) is 0 Å². The Balaban J connectivity index is 0.00000256. The predicted molar refractivity (Wildman–Crippen MR) is 73.3 cm³/mol. The number of halogens is 3. The first-order valence-corrected chi connectivity index (χ1v) is 5.59. The van der Waals surface area contributed by atoms with E-state index in [9.17, 15) is 0 Å². The summed E-state index contributed by atoms with van der Waals surface area (Å²) in [5.41, 5.74) is 0.879. The molecule has 0 fully saturated rings. The number of aryl methyl sites for hydroxylation is 1. The average Bonchev–Trinajstić information content (AvgIpc) is 2.24. The highest BCUT2D eigenvalue weighted by molar-refractivity contribution is 6.37. The van der Waals surface area contributed by atoms with Crippen LogP contribution in [-0.4, -0.2) is 19.1 Å². The molecule has 0 saturated carbocycles. The van der Waals surface area contributed by atoms with Gasteiger partial charge in [-0.25, -0.2) is 0 Å². The molecule has 6 heteroatoms. The van der Waals surface area contributed by atoms with Crippen LogP contribution in [0.15, 0.2) is 12.1 Å². The van der Waals surface area contributed by atoms with Crippen molar-refractivity contribution in [2.75, 3.05) is 13.2 Å². The molecule has 1 N–H and O–H groups in total. The van der Waals surface area contributed by atoms with Crippen molar-refractivity contribution >= 4 is 41.5 Å². The van der Waals surface area contributed by atoms with Crippen LogP contribution in [0.4, 0.5) is 0 Å². The lowest BCUT2D eigenvalue weighted by Gasteiger charge is -2.11. The van der Waals surface area contributed by atoms with Gasteiger partial charge < -0.3 is 9.47 Å². The van der Waals surface area contributed by atoms with Crippen LogP contribution < -0.4 is 4.74 Å². The van der Waals surface area contributed by atoms with E-state index in [1.807, 2.05) is 13.0 Å². The molecule has 0 radical (unpaired) electrons. The van der Waals surface area contributed by atoms with E-state index in [2.05, 4.69) is 0 Å². The Kier molecular flexibility index (Phi) is 7.35. The van der Waals surface area contributed by atoms with Gasteiger partial charge in [-0.05, 0) is 25.5 Å². The van der Waals surface area contributed by atoms with Crippen molar-refractivity contribution < 1.29 is 9.47 Å². The summed E-state index contributed by atoms with van der Waals surface area (Å²) in [4.78, 5) is 0. The molecule has 1 aromatic rings. The number of ether oxygens (including phenoxy) is 2. The van der Waals surface area contributed by atoms with Crippen molar-refractivity contribution in [2.24, 2.45) is 0 Å². The van der Waals surface area contributed by atoms with Crippen LogP contribution in [0.25, 0.3) is 0 Å². The Bertz CT molecular complexity index is 397. The van der Waals surface area contributed by atoms with Crippen molar-refractivity contribution in [3.8, 4) is 5.75 Å². The Morgan fingerprint density at radius 1 is 1.35 bits per heavy atom. The lowest BCUT2D eigenvalue weighted by atomic mass is 10.2. The summed E-state index contributed by atoms with van der Waals surface area (Å²) in [7, 11) is 0. The van der Waals surface area contributed by atoms with Crippen LogP contribution in [0.1, 0.15) is 12.5 Å². The van der Waals surface area contributed by atoms with Crippen molar-refractivity contribution in [1.82, 2.24) is 0 Å². The summed E-state index contributed by atoms with van der Waals surface area (Å²) in [5, 5.41) is 8.30. The lowest BCUT2D eigenvalue weighted by molar-refractivity contribution is 0.273. The second-order valence-corrected chi connectivity index (χ2v) is 3.94. The molecule has 1 rings (SSSR count). The second-order valence-electron chi connectivity index (χ2n) is 3.15. The molecule has 1 aromatic carbocycles. The van der Waals surface area contributed by atoms with Gasteiger partial charge in [0.05, 0.1) is 16.7 Å². The van der Waals surface area contributed by atoms with Gasteiger partial charge in [0.25, 0.3) is 0 Å². The zero-order valence-electron chi connectivity index (χ0n) is 9.55. The molecule has 0 bridgehead atoms. The Labute approximate surface area is 117 Å². The summed E-state index contributed by atoms with van der Waals surface area (Å²) in [6, 6.07) is 3.52. The van der Waals surface area contributed by atoms with Crippen LogP contribution in [0.2, 0.25) is 10.0 Å². The SMILES string of the molecule is CCOC(=N)COc1c(Cl)ccc(C)c1Cl.Cl. The molecule has 0 aliphatic rings. The number of hydrogen-bond donors (Lipinski definition) is 1. The van der Waals surface area contributed by atoms with Gasteiger partial charge in [0.2, 0.25) is 5.90 Å². The molecule has 3 nitrogen and oxygen atoms in total. The molecule has 96 valence electrons. The summed E-state index contributed by atoms with van der Waals surface area (Å²) in [6.45, 7) is 4.13. The molecular formula is C11H14Cl3NO2. The zero-order valence-corrected chi connectivity index (χ0v) is 11.9. The standard InChI is InChI=1S/C11H13Cl2NO2.ClH/c1-3-15-9(14)6-16-11-8(12)5-4-7(2)10(11)13;/h4-5,14H,3,6H2,1-2H3;1H. The highest BCUT2D eigenvalue weighted by atomic mass is 35.5. The molecule has 0 unspecified atom stereocenters. The van der Waals surface area contributed by atoms with E-state index in [4.69, 9.17) is 38.1 Å². The summed E-state index contributed by atoms with van der Waals surface area (Å²) in [6.07, 6.45) is 0. The summed E-state index contributed by atoms with van der Waals surface area (Å²) < 4.78 is 10.3. The van der Waals surface area contributed by atoms with Gasteiger partial charge >= 0.3 is 0 Å². The monoisotopic (exact) mass is 297 g/mol. The molecule has 0 saturated heterocycles. The number of hydrogen-bond acceptors (Lipinski definition) is 3. The zero-order chi connectivity index (χ0) is 12.1. The van der Waals surface area contributed by atoms with E-state index in [0.717, 1.165) is 5.56 Å². The average molecular weight is 299 g/mol. The fourth-order valence-corrected chi connectivity index (χ4v) is 1.60. The molecule has 0 spiro atoms. The minimum Gasteiger partial charge on any atom is -0.481 e. The quantitative estimate of drug-likeness (QED) is 0.671. The highest BCUT2D eigenvalue weighted by Gasteiger charge is 2.10. The van der Waals surface area contributed by atoms with Crippen LogP contribution >= 0.6 is 35.6 Å². The minimum absolute atomic E-state index is 0. The third-order valence-corrected chi connectivity index (χ3v) is 2.68. The van der Waals surface area contributed by atoms with E-state index in [0.29, 0.717) is 22.4 Å². The number of rotatable bonds is 4. The number of benzene rings is 1. The maximum atomic E-state index is 7.40. The Morgan fingerprint density at radius 3 is 2.59 bits per heavy atom. The van der Waals surface area contributed by atoms with Crippen LogP contribution in [-0.2, 0) is 4.74 Å². The van der Waals surface area contributed by atoms with Crippen LogP contribution in [0.3, 0.4) is 0 Å². The van der Waals surface area contributed by atoms with E-state index < -0.39 is 0 Å². The minimum atomic E-state index is 0. The van der Waals surface area contributed by atoms with Crippen LogP contribution in [0.5, 0.6) is 5.75 Å². The molecule has 17 heavy (non-hydrogen) atoms. The van der Waals surface area contributed by atoms with Crippen molar-refractivity contribution in [3.05, 3.63) is 27.7 Å². The van der Waals surface area contributed by atoms with E-state index >= 15 is 0 Å². The third kappa shape index (κ3) is 4.62. The molecule has 0 atom stereocenters. The smallest absolute Gasteiger partial charge is 0.219 e. The van der Waals surface area contributed by atoms with Crippen molar-refractivity contribution in [2.45, 2.75) is 13.8 Å². The molecule has 0 aromatic heterocycles. The summed E-state index contributed by atoms with van der Waals surface area (Å²) in [5.74, 6) is 0.448. The molecule has 0 amide bonds. The Hall–Kier alpha value is -0.640. The molecular weight excluding hydrogens is 284 g/mol. The normalized spacial score (nSPS) is 9.41. The third-order valence-electron chi connectivity index (χ3n) is 1.91. The first-order valence-electron chi connectivity index (χ1n) is 4.83. The first kappa shape index (κ1) is 16.4. The largest absolute Gasteiger partial charge is 0.481 e. The molecule has 0 aliphatic heterocycles. The molecule has 0 aliphatic carbocycles. The van der Waals surface area contributed by atoms with Gasteiger partial charge in [-0.2, -0.15) is 0 Å².